The van der Waals surface area contributed by atoms with Gasteiger partial charge in [0.15, 0.2) is 0 Å². The number of rotatable bonds is 8. The summed E-state index contributed by atoms with van der Waals surface area (Å²) >= 11 is 3.40. The molecule has 0 saturated heterocycles. The monoisotopic (exact) mass is 343 g/mol. The molecule has 0 aliphatic rings. The minimum atomic E-state index is -0.921. The smallest absolute Gasteiger partial charge is 0.335 e. The van der Waals surface area contributed by atoms with Crippen LogP contribution in [0.1, 0.15) is 42.6 Å². The lowest BCUT2D eigenvalue weighted by molar-refractivity contribution is 0.0697. The van der Waals surface area contributed by atoms with Gasteiger partial charge in [-0.1, -0.05) is 35.8 Å². The molecule has 0 radical (unpaired) electrons. The van der Waals surface area contributed by atoms with Crippen molar-refractivity contribution in [1.82, 2.24) is 5.32 Å². The zero-order valence-electron chi connectivity index (χ0n) is 11.9. The number of hydrogen-bond acceptors (Lipinski definition) is 3. The second-order valence-electron chi connectivity index (χ2n) is 5.71. The Morgan fingerprint density at radius 2 is 2.10 bits per heavy atom. The molecule has 1 aromatic carbocycles. The van der Waals surface area contributed by atoms with Crippen molar-refractivity contribution in [3.05, 3.63) is 33.8 Å². The van der Waals surface area contributed by atoms with E-state index in [1.165, 1.54) is 0 Å². The lowest BCUT2D eigenvalue weighted by Crippen LogP contribution is -2.29. The molecule has 0 bridgehead atoms. The van der Waals surface area contributed by atoms with Crippen molar-refractivity contribution < 1.29 is 15.0 Å². The number of aliphatic hydroxyl groups excluding tert-OH is 1. The molecule has 0 aliphatic heterocycles. The first-order valence-electron chi connectivity index (χ1n) is 6.69. The SMILES string of the molecule is CC(C)(CCCO)CNCc1ccc(C(=O)O)cc1Br. The summed E-state index contributed by atoms with van der Waals surface area (Å²) in [6.07, 6.45) is 1.78. The maximum absolute atomic E-state index is 10.9. The molecule has 3 N–H and O–H groups in total. The molecular formula is C15H22BrNO3. The second kappa shape index (κ2) is 7.76. The van der Waals surface area contributed by atoms with Crippen molar-refractivity contribution >= 4 is 21.9 Å². The lowest BCUT2D eigenvalue weighted by atomic mass is 9.88. The van der Waals surface area contributed by atoms with E-state index >= 15 is 0 Å². The molecule has 1 rings (SSSR count). The van der Waals surface area contributed by atoms with E-state index in [0.717, 1.165) is 29.4 Å². The lowest BCUT2D eigenvalue weighted by Gasteiger charge is -2.25. The fraction of sp³-hybridized carbons (Fsp3) is 0.533. The minimum absolute atomic E-state index is 0.135. The van der Waals surface area contributed by atoms with Gasteiger partial charge in [-0.15, -0.1) is 0 Å². The van der Waals surface area contributed by atoms with Crippen LogP contribution in [0.25, 0.3) is 0 Å². The van der Waals surface area contributed by atoms with Crippen LogP contribution < -0.4 is 5.32 Å². The van der Waals surface area contributed by atoms with E-state index < -0.39 is 5.97 Å². The summed E-state index contributed by atoms with van der Waals surface area (Å²) in [6, 6.07) is 5.05. The number of halogens is 1. The van der Waals surface area contributed by atoms with Gasteiger partial charge in [-0.25, -0.2) is 4.79 Å². The molecule has 0 aliphatic carbocycles. The summed E-state index contributed by atoms with van der Waals surface area (Å²) in [7, 11) is 0. The van der Waals surface area contributed by atoms with Crippen molar-refractivity contribution in [3.8, 4) is 0 Å². The van der Waals surface area contributed by atoms with Crippen LogP contribution in [0, 0.1) is 5.41 Å². The van der Waals surface area contributed by atoms with Gasteiger partial charge in [-0.3, -0.25) is 0 Å². The first-order valence-corrected chi connectivity index (χ1v) is 7.48. The quantitative estimate of drug-likeness (QED) is 0.678. The Morgan fingerprint density at radius 3 is 2.65 bits per heavy atom. The number of carbonyl (C=O) groups is 1. The van der Waals surface area contributed by atoms with E-state index in [-0.39, 0.29) is 17.6 Å². The van der Waals surface area contributed by atoms with Crippen LogP contribution in [-0.2, 0) is 6.54 Å². The fourth-order valence-corrected chi connectivity index (χ4v) is 2.52. The van der Waals surface area contributed by atoms with E-state index in [0.29, 0.717) is 6.54 Å². The number of hydrogen-bond donors (Lipinski definition) is 3. The van der Waals surface area contributed by atoms with Crippen molar-refractivity contribution in [1.29, 1.82) is 0 Å². The fourth-order valence-electron chi connectivity index (χ4n) is 2.01. The first kappa shape index (κ1) is 17.1. The van der Waals surface area contributed by atoms with Gasteiger partial charge < -0.3 is 15.5 Å². The van der Waals surface area contributed by atoms with Crippen LogP contribution in [0.15, 0.2) is 22.7 Å². The van der Waals surface area contributed by atoms with Gasteiger partial charge in [0.1, 0.15) is 0 Å². The number of benzene rings is 1. The average Bonchev–Trinajstić information content (AvgIpc) is 2.38. The Balaban J connectivity index is 2.52. The molecule has 0 atom stereocenters. The van der Waals surface area contributed by atoms with Crippen LogP contribution in [-0.4, -0.2) is 29.3 Å². The van der Waals surface area contributed by atoms with Crippen LogP contribution in [0.3, 0.4) is 0 Å². The van der Waals surface area contributed by atoms with Gasteiger partial charge in [0.25, 0.3) is 0 Å². The van der Waals surface area contributed by atoms with Crippen molar-refractivity contribution in [2.24, 2.45) is 5.41 Å². The van der Waals surface area contributed by atoms with Crippen LogP contribution in [0.2, 0.25) is 0 Å². The van der Waals surface area contributed by atoms with Crippen molar-refractivity contribution in [3.63, 3.8) is 0 Å². The van der Waals surface area contributed by atoms with Gasteiger partial charge in [0.05, 0.1) is 5.56 Å². The maximum Gasteiger partial charge on any atom is 0.335 e. The number of carboxylic acid groups (broad SMARTS) is 1. The highest BCUT2D eigenvalue weighted by Crippen LogP contribution is 2.22. The van der Waals surface area contributed by atoms with Crippen LogP contribution in [0.4, 0.5) is 0 Å². The number of nitrogens with one attached hydrogen (secondary N) is 1. The molecule has 4 nitrogen and oxygen atoms in total. The topological polar surface area (TPSA) is 69.6 Å². The highest BCUT2D eigenvalue weighted by atomic mass is 79.9. The molecule has 0 saturated carbocycles. The van der Waals surface area contributed by atoms with Crippen molar-refractivity contribution in [2.75, 3.05) is 13.2 Å². The van der Waals surface area contributed by atoms with Gasteiger partial charge in [-0.2, -0.15) is 0 Å². The molecule has 0 amide bonds. The summed E-state index contributed by atoms with van der Waals surface area (Å²) < 4.78 is 0.804. The van der Waals surface area contributed by atoms with Gasteiger partial charge in [0, 0.05) is 24.2 Å². The van der Waals surface area contributed by atoms with E-state index in [1.807, 2.05) is 6.07 Å². The first-order chi connectivity index (χ1) is 9.35. The zero-order valence-corrected chi connectivity index (χ0v) is 13.5. The van der Waals surface area contributed by atoms with E-state index in [9.17, 15) is 4.79 Å². The molecule has 20 heavy (non-hydrogen) atoms. The number of aliphatic hydroxyl groups is 1. The Hall–Kier alpha value is -0.910. The van der Waals surface area contributed by atoms with Crippen LogP contribution in [0.5, 0.6) is 0 Å². The molecule has 5 heteroatoms. The summed E-state index contributed by atoms with van der Waals surface area (Å²) in [5.74, 6) is -0.921. The predicted molar refractivity (Wildman–Crippen MR) is 82.9 cm³/mol. The Bertz CT molecular complexity index is 460. The molecule has 0 spiro atoms. The van der Waals surface area contributed by atoms with Gasteiger partial charge >= 0.3 is 5.97 Å². The average molecular weight is 344 g/mol. The molecule has 1 aromatic rings. The third-order valence-corrected chi connectivity index (χ3v) is 3.97. The highest BCUT2D eigenvalue weighted by Gasteiger charge is 2.16. The Labute approximate surface area is 128 Å². The Kier molecular flexibility index (Phi) is 6.65. The molecule has 0 unspecified atom stereocenters. The third kappa shape index (κ3) is 5.61. The summed E-state index contributed by atoms with van der Waals surface area (Å²) in [5.41, 5.74) is 1.45. The molecular weight excluding hydrogens is 322 g/mol. The summed E-state index contributed by atoms with van der Waals surface area (Å²) in [4.78, 5) is 10.9. The van der Waals surface area contributed by atoms with Crippen molar-refractivity contribution in [2.45, 2.75) is 33.2 Å². The Morgan fingerprint density at radius 1 is 1.40 bits per heavy atom. The predicted octanol–water partition coefficient (Wildman–Crippen LogP) is 3.04. The molecule has 112 valence electrons. The van der Waals surface area contributed by atoms with Gasteiger partial charge in [-0.05, 0) is 36.0 Å². The van der Waals surface area contributed by atoms with E-state index in [1.54, 1.807) is 12.1 Å². The summed E-state index contributed by atoms with van der Waals surface area (Å²) in [6.45, 7) is 6.09. The second-order valence-corrected chi connectivity index (χ2v) is 6.56. The number of carboxylic acids is 1. The van der Waals surface area contributed by atoms with E-state index in [4.69, 9.17) is 10.2 Å². The largest absolute Gasteiger partial charge is 0.478 e. The van der Waals surface area contributed by atoms with Gasteiger partial charge in [0.2, 0.25) is 0 Å². The standard InChI is InChI=1S/C15H22BrNO3/c1-15(2,6-3-7-18)10-17-9-12-5-4-11(14(19)20)8-13(12)16/h4-5,8,17-18H,3,6-7,9-10H2,1-2H3,(H,19,20). The van der Waals surface area contributed by atoms with E-state index in [2.05, 4.69) is 35.1 Å². The highest BCUT2D eigenvalue weighted by molar-refractivity contribution is 9.10. The molecule has 0 aromatic heterocycles. The summed E-state index contributed by atoms with van der Waals surface area (Å²) in [5, 5.41) is 21.2. The maximum atomic E-state index is 10.9. The van der Waals surface area contributed by atoms with Crippen LogP contribution >= 0.6 is 15.9 Å². The third-order valence-electron chi connectivity index (χ3n) is 3.23. The zero-order chi connectivity index (χ0) is 15.2. The molecule has 0 fully saturated rings. The minimum Gasteiger partial charge on any atom is -0.478 e. The normalized spacial score (nSPS) is 11.6. The number of aromatic carboxylic acids is 1. The molecule has 0 heterocycles.